The van der Waals surface area contributed by atoms with Gasteiger partial charge in [-0.25, -0.2) is 9.69 Å². The number of hydrogen-bond acceptors (Lipinski definition) is 4. The second-order valence-electron chi connectivity index (χ2n) is 8.24. The summed E-state index contributed by atoms with van der Waals surface area (Å²) in [6, 6.07) is 26.0. The van der Waals surface area contributed by atoms with Gasteiger partial charge in [-0.3, -0.25) is 4.79 Å². The van der Waals surface area contributed by atoms with Gasteiger partial charge in [0, 0.05) is 23.7 Å². The van der Waals surface area contributed by atoms with Crippen LogP contribution in [0.1, 0.15) is 36.1 Å². The van der Waals surface area contributed by atoms with Gasteiger partial charge in [0.25, 0.3) is 0 Å². The highest BCUT2D eigenvalue weighted by Crippen LogP contribution is 2.37. The number of carbonyl (C=O) groups is 1. The summed E-state index contributed by atoms with van der Waals surface area (Å²) < 4.78 is 7.15. The van der Waals surface area contributed by atoms with Crippen LogP contribution in [0.2, 0.25) is 0 Å². The van der Waals surface area contributed by atoms with Crippen LogP contribution >= 0.6 is 0 Å². The van der Waals surface area contributed by atoms with Crippen LogP contribution in [-0.4, -0.2) is 34.0 Å². The van der Waals surface area contributed by atoms with Crippen molar-refractivity contribution in [3.05, 3.63) is 102 Å². The summed E-state index contributed by atoms with van der Waals surface area (Å²) in [7, 11) is 1.64. The van der Waals surface area contributed by atoms with Gasteiger partial charge in [-0.2, -0.15) is 10.2 Å². The van der Waals surface area contributed by atoms with Gasteiger partial charge >= 0.3 is 0 Å². The zero-order valence-electron chi connectivity index (χ0n) is 19.3. The number of nitrogens with zero attached hydrogens (tertiary/aromatic N) is 4. The van der Waals surface area contributed by atoms with Gasteiger partial charge in [-0.05, 0) is 53.9 Å². The number of aromatic nitrogens is 2. The summed E-state index contributed by atoms with van der Waals surface area (Å²) in [5.41, 5.74) is 6.91. The van der Waals surface area contributed by atoms with E-state index in [9.17, 15) is 4.79 Å². The number of methoxy groups -OCH3 is 1. The van der Waals surface area contributed by atoms with Gasteiger partial charge in [0.05, 0.1) is 30.2 Å². The first-order valence-corrected chi connectivity index (χ1v) is 11.4. The van der Waals surface area contributed by atoms with Gasteiger partial charge in [0.1, 0.15) is 5.75 Å². The average Bonchev–Trinajstić information content (AvgIpc) is 3.54. The van der Waals surface area contributed by atoms with Gasteiger partial charge in [0.2, 0.25) is 6.41 Å². The van der Waals surface area contributed by atoms with E-state index in [2.05, 4.69) is 36.3 Å². The van der Waals surface area contributed by atoms with Crippen molar-refractivity contribution < 1.29 is 9.53 Å². The molecule has 1 aliphatic heterocycles. The molecule has 1 aromatic heterocycles. The third kappa shape index (κ3) is 4.10. The van der Waals surface area contributed by atoms with E-state index in [0.717, 1.165) is 52.4 Å². The lowest BCUT2D eigenvalue weighted by Gasteiger charge is -2.17. The molecule has 0 spiro atoms. The van der Waals surface area contributed by atoms with Crippen LogP contribution in [0.25, 0.3) is 16.9 Å². The van der Waals surface area contributed by atoms with Crippen molar-refractivity contribution in [3.63, 3.8) is 0 Å². The summed E-state index contributed by atoms with van der Waals surface area (Å²) in [4.78, 5) is 12.0. The number of aryl methyl sites for hydroxylation is 1. The van der Waals surface area contributed by atoms with Crippen molar-refractivity contribution in [3.8, 4) is 22.7 Å². The molecule has 0 N–H and O–H groups in total. The highest BCUT2D eigenvalue weighted by atomic mass is 16.5. The standard InChI is InChI=1S/C28H26N4O2/c1-3-20-9-11-22(12-10-20)28-25(18-31(30-28)23-7-5-4-6-8-23)27-17-26(29-32(27)19-33)21-13-15-24(34-2)16-14-21/h4-16,18-19,27H,3,17H2,1-2H3. The Hall–Kier alpha value is -4.19. The zero-order valence-corrected chi connectivity index (χ0v) is 19.3. The number of rotatable bonds is 7. The molecule has 3 aromatic carbocycles. The van der Waals surface area contributed by atoms with E-state index in [0.29, 0.717) is 6.42 Å². The van der Waals surface area contributed by atoms with E-state index in [1.54, 1.807) is 7.11 Å². The number of carbonyl (C=O) groups excluding carboxylic acids is 1. The van der Waals surface area contributed by atoms with Crippen molar-refractivity contribution in [1.82, 2.24) is 14.8 Å². The van der Waals surface area contributed by atoms with Crippen LogP contribution in [0.15, 0.2) is 90.2 Å². The van der Waals surface area contributed by atoms with Crippen LogP contribution in [0.4, 0.5) is 0 Å². The molecular weight excluding hydrogens is 424 g/mol. The number of hydrazone groups is 1. The topological polar surface area (TPSA) is 59.7 Å². The number of amides is 1. The molecule has 0 fully saturated rings. The highest BCUT2D eigenvalue weighted by molar-refractivity contribution is 6.02. The molecule has 1 unspecified atom stereocenters. The molecule has 1 atom stereocenters. The van der Waals surface area contributed by atoms with Gasteiger partial charge in [0.15, 0.2) is 0 Å². The Morgan fingerprint density at radius 1 is 0.971 bits per heavy atom. The second-order valence-corrected chi connectivity index (χ2v) is 8.24. The molecule has 170 valence electrons. The van der Waals surface area contributed by atoms with Crippen LogP contribution in [0.3, 0.4) is 0 Å². The van der Waals surface area contributed by atoms with Crippen LogP contribution in [0.5, 0.6) is 5.75 Å². The smallest absolute Gasteiger partial charge is 0.230 e. The quantitative estimate of drug-likeness (QED) is 0.353. The minimum Gasteiger partial charge on any atom is -0.497 e. The average molecular weight is 451 g/mol. The zero-order chi connectivity index (χ0) is 23.5. The van der Waals surface area contributed by atoms with Crippen molar-refractivity contribution in [2.24, 2.45) is 5.10 Å². The lowest BCUT2D eigenvalue weighted by atomic mass is 9.96. The fourth-order valence-corrected chi connectivity index (χ4v) is 4.30. The van der Waals surface area contributed by atoms with Crippen molar-refractivity contribution >= 4 is 12.1 Å². The number of benzene rings is 3. The fourth-order valence-electron chi connectivity index (χ4n) is 4.30. The van der Waals surface area contributed by atoms with E-state index in [-0.39, 0.29) is 6.04 Å². The maximum Gasteiger partial charge on any atom is 0.230 e. The van der Waals surface area contributed by atoms with Gasteiger partial charge < -0.3 is 4.74 Å². The number of ether oxygens (including phenoxy) is 1. The first kappa shape index (κ1) is 21.6. The normalized spacial score (nSPS) is 15.3. The summed E-state index contributed by atoms with van der Waals surface area (Å²) in [5.74, 6) is 0.785. The Kier molecular flexibility index (Phi) is 5.95. The van der Waals surface area contributed by atoms with Crippen LogP contribution < -0.4 is 4.74 Å². The van der Waals surface area contributed by atoms with E-state index >= 15 is 0 Å². The molecule has 0 bridgehead atoms. The molecular formula is C28H26N4O2. The van der Waals surface area contributed by atoms with Gasteiger partial charge in [-0.15, -0.1) is 0 Å². The maximum atomic E-state index is 12.0. The molecule has 4 aromatic rings. The van der Waals surface area contributed by atoms with E-state index in [1.165, 1.54) is 10.6 Å². The number of hydrogen-bond donors (Lipinski definition) is 0. The monoisotopic (exact) mass is 450 g/mol. The first-order valence-electron chi connectivity index (χ1n) is 11.4. The molecule has 1 amide bonds. The van der Waals surface area contributed by atoms with Crippen molar-refractivity contribution in [2.75, 3.05) is 7.11 Å². The molecule has 0 saturated carbocycles. The molecule has 1 aliphatic rings. The lowest BCUT2D eigenvalue weighted by Crippen LogP contribution is -2.17. The van der Waals surface area contributed by atoms with Crippen molar-refractivity contribution in [2.45, 2.75) is 25.8 Å². The third-order valence-electron chi connectivity index (χ3n) is 6.23. The molecule has 6 nitrogen and oxygen atoms in total. The Morgan fingerprint density at radius 2 is 1.68 bits per heavy atom. The predicted octanol–water partition coefficient (Wildman–Crippen LogP) is 5.42. The number of para-hydroxylation sites is 1. The predicted molar refractivity (Wildman–Crippen MR) is 133 cm³/mol. The molecule has 6 heteroatoms. The fraction of sp³-hybridized carbons (Fsp3) is 0.179. The molecule has 2 heterocycles. The van der Waals surface area contributed by atoms with Crippen LogP contribution in [0, 0.1) is 0 Å². The Balaban J connectivity index is 1.55. The minimum absolute atomic E-state index is 0.243. The largest absolute Gasteiger partial charge is 0.497 e. The Labute approximate surface area is 199 Å². The Morgan fingerprint density at radius 3 is 2.32 bits per heavy atom. The Bertz CT molecular complexity index is 1310. The SMILES string of the molecule is CCc1ccc(-c2nn(-c3ccccc3)cc2C2CC(c3ccc(OC)cc3)=NN2C=O)cc1. The highest BCUT2D eigenvalue weighted by Gasteiger charge is 2.32. The minimum atomic E-state index is -0.243. The lowest BCUT2D eigenvalue weighted by molar-refractivity contribution is -0.119. The van der Waals surface area contributed by atoms with E-state index < -0.39 is 0 Å². The first-order chi connectivity index (χ1) is 16.7. The molecule has 0 saturated heterocycles. The molecule has 0 radical (unpaired) electrons. The van der Waals surface area contributed by atoms with Gasteiger partial charge in [-0.1, -0.05) is 49.4 Å². The van der Waals surface area contributed by atoms with E-state index in [1.807, 2.05) is 65.5 Å². The maximum absolute atomic E-state index is 12.0. The van der Waals surface area contributed by atoms with Crippen LogP contribution in [-0.2, 0) is 11.2 Å². The molecule has 34 heavy (non-hydrogen) atoms. The third-order valence-corrected chi connectivity index (χ3v) is 6.23. The second kappa shape index (κ2) is 9.35. The summed E-state index contributed by atoms with van der Waals surface area (Å²) in [5, 5.41) is 11.1. The van der Waals surface area contributed by atoms with Crippen molar-refractivity contribution in [1.29, 1.82) is 0 Å². The molecule has 0 aliphatic carbocycles. The summed E-state index contributed by atoms with van der Waals surface area (Å²) in [6.07, 6.45) is 4.40. The molecule has 5 rings (SSSR count). The summed E-state index contributed by atoms with van der Waals surface area (Å²) >= 11 is 0. The summed E-state index contributed by atoms with van der Waals surface area (Å²) in [6.45, 7) is 2.14. The van der Waals surface area contributed by atoms with E-state index in [4.69, 9.17) is 9.84 Å².